The zero-order chi connectivity index (χ0) is 20.7. The minimum Gasteiger partial charge on any atom is -0.382 e. The Hall–Kier alpha value is -2.01. The van der Waals surface area contributed by atoms with Crippen LogP contribution in [0.5, 0.6) is 0 Å². The van der Waals surface area contributed by atoms with Gasteiger partial charge in [0.05, 0.1) is 18.6 Å². The van der Waals surface area contributed by atoms with E-state index in [9.17, 15) is 5.11 Å². The van der Waals surface area contributed by atoms with Crippen LogP contribution in [0.2, 0.25) is 0 Å². The Labute approximate surface area is 186 Å². The summed E-state index contributed by atoms with van der Waals surface area (Å²) in [5.74, 6) is 1.15. The molecule has 3 saturated heterocycles. The predicted octanol–water partition coefficient (Wildman–Crippen LogP) is 5.64. The molecule has 6 rings (SSSR count). The van der Waals surface area contributed by atoms with Crippen LogP contribution >= 0.6 is 15.9 Å². The van der Waals surface area contributed by atoms with Crippen LogP contribution in [-0.4, -0.2) is 33.7 Å². The third-order valence-corrected chi connectivity index (χ3v) is 7.92. The van der Waals surface area contributed by atoms with E-state index in [4.69, 9.17) is 0 Å². The van der Waals surface area contributed by atoms with Crippen molar-refractivity contribution in [3.05, 3.63) is 89.0 Å². The summed E-state index contributed by atoms with van der Waals surface area (Å²) >= 11 is 3.63. The van der Waals surface area contributed by atoms with E-state index in [-0.39, 0.29) is 6.04 Å². The number of aromatic nitrogens is 1. The van der Waals surface area contributed by atoms with E-state index >= 15 is 0 Å². The number of nitrogens with zero attached hydrogens (tertiary/aromatic N) is 2. The van der Waals surface area contributed by atoms with Crippen molar-refractivity contribution >= 4 is 26.8 Å². The maximum absolute atomic E-state index is 11.7. The summed E-state index contributed by atoms with van der Waals surface area (Å²) in [5.41, 5.74) is 3.29. The van der Waals surface area contributed by atoms with Gasteiger partial charge in [0.15, 0.2) is 0 Å². The van der Waals surface area contributed by atoms with Gasteiger partial charge in [0, 0.05) is 40.4 Å². The third kappa shape index (κ3) is 3.41. The Kier molecular flexibility index (Phi) is 5.26. The molecule has 2 bridgehead atoms. The van der Waals surface area contributed by atoms with Crippen LogP contribution in [0, 0.1) is 11.8 Å². The zero-order valence-corrected chi connectivity index (χ0v) is 18.7. The Morgan fingerprint density at radius 1 is 1.20 bits per heavy atom. The second kappa shape index (κ2) is 7.92. The number of halogens is 1. The number of hydrogen-bond donors (Lipinski definition) is 1. The van der Waals surface area contributed by atoms with Gasteiger partial charge in [-0.1, -0.05) is 52.3 Å². The van der Waals surface area contributed by atoms with Gasteiger partial charge in [-0.25, -0.2) is 0 Å². The number of fused-ring (bicyclic) bond motifs is 4. The number of quaternary nitrogens is 1. The number of aliphatic hydroxyl groups excluding tert-OH is 1. The molecule has 2 aromatic carbocycles. The molecule has 3 fully saturated rings. The van der Waals surface area contributed by atoms with Gasteiger partial charge < -0.3 is 9.59 Å². The Morgan fingerprint density at radius 2 is 2.07 bits per heavy atom. The lowest BCUT2D eigenvalue weighted by atomic mass is 9.71. The fraction of sp³-hybridized carbons (Fsp3) is 0.346. The van der Waals surface area contributed by atoms with Gasteiger partial charge in [-0.05, 0) is 35.7 Å². The van der Waals surface area contributed by atoms with Crippen molar-refractivity contribution in [1.82, 2.24) is 4.98 Å². The maximum Gasteiger partial charge on any atom is 0.131 e. The smallest absolute Gasteiger partial charge is 0.131 e. The first kappa shape index (κ1) is 19.9. The molecule has 3 aliphatic rings. The Morgan fingerprint density at radius 3 is 2.90 bits per heavy atom. The molecule has 0 amide bonds. The topological polar surface area (TPSA) is 33.1 Å². The molecule has 3 aromatic rings. The first-order valence-corrected chi connectivity index (χ1v) is 11.6. The van der Waals surface area contributed by atoms with Gasteiger partial charge in [-0.2, -0.15) is 0 Å². The molecule has 1 N–H and O–H groups in total. The number of aliphatic hydroxyl groups is 1. The van der Waals surface area contributed by atoms with Crippen LogP contribution < -0.4 is 0 Å². The minimum absolute atomic E-state index is 0.185. The molecule has 154 valence electrons. The van der Waals surface area contributed by atoms with Gasteiger partial charge in [0.2, 0.25) is 0 Å². The zero-order valence-electron chi connectivity index (χ0n) is 17.1. The normalized spacial score (nSPS) is 29.1. The van der Waals surface area contributed by atoms with E-state index in [1.54, 1.807) is 0 Å². The van der Waals surface area contributed by atoms with Crippen LogP contribution in [-0.2, 0) is 6.54 Å². The van der Waals surface area contributed by atoms with E-state index in [0.717, 1.165) is 51.5 Å². The molecule has 3 nitrogen and oxygen atoms in total. The molecule has 0 radical (unpaired) electrons. The molecule has 3 aliphatic heterocycles. The summed E-state index contributed by atoms with van der Waals surface area (Å²) in [6.07, 6.45) is 5.75. The number of para-hydroxylation sites is 1. The van der Waals surface area contributed by atoms with Crippen molar-refractivity contribution in [3.63, 3.8) is 0 Å². The summed E-state index contributed by atoms with van der Waals surface area (Å²) in [7, 11) is 0. The highest BCUT2D eigenvalue weighted by molar-refractivity contribution is 9.10. The predicted molar refractivity (Wildman–Crippen MR) is 125 cm³/mol. The van der Waals surface area contributed by atoms with Crippen molar-refractivity contribution in [3.8, 4) is 0 Å². The quantitative estimate of drug-likeness (QED) is 0.392. The molecule has 1 unspecified atom stereocenters. The second-order valence-corrected chi connectivity index (χ2v) is 9.94. The van der Waals surface area contributed by atoms with Crippen molar-refractivity contribution in [2.75, 3.05) is 13.1 Å². The lowest BCUT2D eigenvalue weighted by Gasteiger charge is -2.58. The SMILES string of the molecule is C=C[C@H]1C[N+]2(Cc3cccc(Br)c3)CC[C@H]1C[C@@H]2[C@@H](O)c1ccnc2ccccc12. The number of piperidine rings is 3. The highest BCUT2D eigenvalue weighted by Crippen LogP contribution is 2.48. The van der Waals surface area contributed by atoms with Crippen molar-refractivity contribution in [1.29, 1.82) is 0 Å². The van der Waals surface area contributed by atoms with Crippen LogP contribution in [0.25, 0.3) is 10.9 Å². The van der Waals surface area contributed by atoms with Crippen molar-refractivity contribution in [2.45, 2.75) is 31.5 Å². The molecule has 0 aliphatic carbocycles. The molecule has 4 heteroatoms. The van der Waals surface area contributed by atoms with E-state index < -0.39 is 6.10 Å². The monoisotopic (exact) mass is 463 g/mol. The molecule has 5 atom stereocenters. The summed E-state index contributed by atoms with van der Waals surface area (Å²) in [6.45, 7) is 7.26. The van der Waals surface area contributed by atoms with E-state index in [1.807, 2.05) is 30.5 Å². The molecule has 30 heavy (non-hydrogen) atoms. The van der Waals surface area contributed by atoms with Crippen LogP contribution in [0.15, 0.2) is 77.9 Å². The first-order chi connectivity index (χ1) is 14.6. The highest BCUT2D eigenvalue weighted by Gasteiger charge is 2.53. The lowest BCUT2D eigenvalue weighted by molar-refractivity contribution is -0.984. The first-order valence-electron chi connectivity index (χ1n) is 10.8. The average Bonchev–Trinajstić information content (AvgIpc) is 2.78. The van der Waals surface area contributed by atoms with Crippen molar-refractivity contribution < 1.29 is 9.59 Å². The minimum atomic E-state index is -0.501. The Balaban J connectivity index is 1.56. The van der Waals surface area contributed by atoms with Gasteiger partial charge in [0.25, 0.3) is 0 Å². The fourth-order valence-electron chi connectivity index (χ4n) is 5.96. The standard InChI is InChI=1S/C26H28BrN2O/c1-2-19-17-29(16-18-6-5-7-21(27)14-18)13-11-20(19)15-25(29)26(30)23-10-12-28-24-9-4-3-8-22(23)24/h2-10,12,14,19-20,25-26,30H,1,11,13,15-17H2/q+1/t19-,20-,25+,26-,29?/m0/s1. The summed E-state index contributed by atoms with van der Waals surface area (Å²) < 4.78 is 2.05. The largest absolute Gasteiger partial charge is 0.382 e. The highest BCUT2D eigenvalue weighted by atomic mass is 79.9. The molecular weight excluding hydrogens is 436 g/mol. The number of rotatable bonds is 5. The summed E-state index contributed by atoms with van der Waals surface area (Å²) in [5, 5.41) is 12.8. The number of pyridine rings is 1. The lowest BCUT2D eigenvalue weighted by Crippen LogP contribution is -2.67. The van der Waals surface area contributed by atoms with Crippen molar-refractivity contribution in [2.24, 2.45) is 11.8 Å². The summed E-state index contributed by atoms with van der Waals surface area (Å²) in [4.78, 5) is 4.50. The van der Waals surface area contributed by atoms with E-state index in [0.29, 0.717) is 11.8 Å². The fourth-order valence-corrected chi connectivity index (χ4v) is 6.41. The molecule has 4 heterocycles. The van der Waals surface area contributed by atoms with Crippen LogP contribution in [0.1, 0.15) is 30.1 Å². The van der Waals surface area contributed by atoms with Gasteiger partial charge >= 0.3 is 0 Å². The van der Waals surface area contributed by atoms with Gasteiger partial charge in [-0.3, -0.25) is 4.98 Å². The third-order valence-electron chi connectivity index (χ3n) is 7.43. The maximum atomic E-state index is 11.7. The average molecular weight is 464 g/mol. The molecule has 0 saturated carbocycles. The van der Waals surface area contributed by atoms with Gasteiger partial charge in [-0.15, -0.1) is 6.58 Å². The Bertz CT molecular complexity index is 1080. The molecule has 1 aromatic heterocycles. The van der Waals surface area contributed by atoms with Crippen LogP contribution in [0.3, 0.4) is 0 Å². The van der Waals surface area contributed by atoms with Crippen LogP contribution in [0.4, 0.5) is 0 Å². The second-order valence-electron chi connectivity index (χ2n) is 9.03. The number of benzene rings is 2. The van der Waals surface area contributed by atoms with E-state index in [2.05, 4.69) is 63.9 Å². The molecule has 0 spiro atoms. The molecular formula is C26H28BrN2O+. The van der Waals surface area contributed by atoms with Gasteiger partial charge in [0.1, 0.15) is 18.7 Å². The van der Waals surface area contributed by atoms with E-state index in [1.165, 1.54) is 12.0 Å². The summed E-state index contributed by atoms with van der Waals surface area (Å²) in [6, 6.07) is 19.0. The number of hydrogen-bond acceptors (Lipinski definition) is 2.